The van der Waals surface area contributed by atoms with Gasteiger partial charge in [-0.1, -0.05) is 78.9 Å². The van der Waals surface area contributed by atoms with E-state index in [0.29, 0.717) is 0 Å². The molecular weight excluding hydrogens is 718 g/mol. The summed E-state index contributed by atoms with van der Waals surface area (Å²) in [6.07, 6.45) is -3.66. The zero-order valence-corrected chi connectivity index (χ0v) is 30.2. The molecule has 294 valence electrons. The second-order valence-corrected chi connectivity index (χ2v) is 13.4. The summed E-state index contributed by atoms with van der Waals surface area (Å²) in [5, 5.41) is 49.5. The van der Waals surface area contributed by atoms with E-state index < -0.39 is 71.1 Å². The highest BCUT2D eigenvalue weighted by Gasteiger charge is 2.72. The number of aliphatic hydroxyl groups is 4. The highest BCUT2D eigenvalue weighted by atomic mass is 16.7. The van der Waals surface area contributed by atoms with Gasteiger partial charge in [-0.2, -0.15) is 0 Å². The van der Waals surface area contributed by atoms with E-state index in [4.69, 9.17) is 18.9 Å². The number of nitrogens with zero attached hydrogens (tertiary/aromatic N) is 1. The first kappa shape index (κ1) is 41.1. The zero-order valence-electron chi connectivity index (χ0n) is 30.2. The van der Waals surface area contributed by atoms with Crippen molar-refractivity contribution in [3.8, 4) is 0 Å². The number of ether oxygens (including phenoxy) is 4. The van der Waals surface area contributed by atoms with Crippen LogP contribution in [0.2, 0.25) is 0 Å². The third kappa shape index (κ3) is 8.76. The smallest absolute Gasteiger partial charge is 0.338 e. The van der Waals surface area contributed by atoms with E-state index in [1.165, 1.54) is 65.6 Å². The summed E-state index contributed by atoms with van der Waals surface area (Å²) in [5.74, 6) is -3.93. The summed E-state index contributed by atoms with van der Waals surface area (Å²) in [5.41, 5.74) is -7.20. The van der Waals surface area contributed by atoms with E-state index in [-0.39, 0.29) is 69.4 Å². The van der Waals surface area contributed by atoms with Crippen LogP contribution in [0.5, 0.6) is 0 Å². The number of carbonyl (C=O) groups is 5. The van der Waals surface area contributed by atoms with Gasteiger partial charge in [0.15, 0.2) is 23.3 Å². The van der Waals surface area contributed by atoms with E-state index >= 15 is 0 Å². The maximum atomic E-state index is 14.5. The lowest BCUT2D eigenvalue weighted by molar-refractivity contribution is -0.308. The average Bonchev–Trinajstić information content (AvgIpc) is 3.19. The molecule has 0 aromatic heterocycles. The molecule has 6 N–H and O–H groups in total. The molecule has 2 aliphatic rings. The Bertz CT molecular complexity index is 1790. The van der Waals surface area contributed by atoms with E-state index in [0.717, 1.165) is 6.92 Å². The van der Waals surface area contributed by atoms with Gasteiger partial charge in [0.05, 0.1) is 44.0 Å². The molecule has 0 aliphatic carbocycles. The number of ketones is 2. The molecule has 0 unspecified atom stereocenters. The molecule has 55 heavy (non-hydrogen) atoms. The quantitative estimate of drug-likeness (QED) is 0.0620. The summed E-state index contributed by atoms with van der Waals surface area (Å²) in [6, 6.07) is 20.3. The molecule has 2 saturated heterocycles. The van der Waals surface area contributed by atoms with Crippen LogP contribution in [0.3, 0.4) is 0 Å². The first-order valence-corrected chi connectivity index (χ1v) is 17.6. The summed E-state index contributed by atoms with van der Waals surface area (Å²) in [7, 11) is 0. The molecule has 16 heteroatoms. The molecule has 3 aromatic carbocycles. The first-order chi connectivity index (χ1) is 26.4. The normalized spacial score (nSPS) is 24.2. The fourth-order valence-electron chi connectivity index (χ4n) is 6.59. The number of aliphatic hydroxyl groups excluding tert-OH is 2. The molecule has 2 aliphatic heterocycles. The minimum absolute atomic E-state index is 0.0363. The van der Waals surface area contributed by atoms with Crippen LogP contribution in [0, 0.1) is 5.41 Å². The van der Waals surface area contributed by atoms with Crippen molar-refractivity contribution >= 4 is 29.5 Å². The summed E-state index contributed by atoms with van der Waals surface area (Å²) in [4.78, 5) is 68.6. The molecule has 5 rings (SSSR count). The third-order valence-corrected chi connectivity index (χ3v) is 9.61. The lowest BCUT2D eigenvalue weighted by atomic mass is 9.64. The van der Waals surface area contributed by atoms with Gasteiger partial charge in [0.2, 0.25) is 11.7 Å². The fourth-order valence-corrected chi connectivity index (χ4v) is 6.59. The van der Waals surface area contributed by atoms with Crippen LogP contribution in [0.15, 0.2) is 91.0 Å². The summed E-state index contributed by atoms with van der Waals surface area (Å²) >= 11 is 0. The molecule has 2 fully saturated rings. The number of hydrogen-bond donors (Lipinski definition) is 6. The van der Waals surface area contributed by atoms with Crippen LogP contribution in [-0.2, 0) is 23.7 Å². The van der Waals surface area contributed by atoms with Gasteiger partial charge < -0.3 is 54.9 Å². The van der Waals surface area contributed by atoms with Crippen LogP contribution >= 0.6 is 0 Å². The van der Waals surface area contributed by atoms with Crippen molar-refractivity contribution in [3.05, 3.63) is 108 Å². The van der Waals surface area contributed by atoms with Crippen molar-refractivity contribution in [1.29, 1.82) is 0 Å². The summed E-state index contributed by atoms with van der Waals surface area (Å²) in [6.45, 7) is -0.0770. The van der Waals surface area contributed by atoms with Crippen molar-refractivity contribution in [2.24, 2.45) is 5.41 Å². The second-order valence-electron chi connectivity index (χ2n) is 13.4. The lowest BCUT2D eigenvalue weighted by Crippen LogP contribution is -2.83. The van der Waals surface area contributed by atoms with Crippen LogP contribution in [0.4, 0.5) is 4.79 Å². The number of hydrogen-bond acceptors (Lipinski definition) is 13. The molecule has 0 radical (unpaired) electrons. The van der Waals surface area contributed by atoms with E-state index in [1.807, 2.05) is 0 Å². The van der Waals surface area contributed by atoms with Crippen LogP contribution < -0.4 is 10.6 Å². The van der Waals surface area contributed by atoms with Crippen molar-refractivity contribution in [2.75, 3.05) is 59.3 Å². The van der Waals surface area contributed by atoms with Gasteiger partial charge in [0.25, 0.3) is 0 Å². The molecule has 16 nitrogen and oxygen atoms in total. The fraction of sp³-hybridized carbons (Fsp3) is 0.410. The maximum absolute atomic E-state index is 14.5. The predicted octanol–water partition coefficient (Wildman–Crippen LogP) is 0.330. The minimum atomic E-state index is -3.19. The zero-order chi connectivity index (χ0) is 39.6. The number of esters is 1. The van der Waals surface area contributed by atoms with Gasteiger partial charge in [-0.3, -0.25) is 14.4 Å². The molecular formula is C39H45N3O13. The lowest BCUT2D eigenvalue weighted by Gasteiger charge is -2.54. The van der Waals surface area contributed by atoms with E-state index in [9.17, 15) is 44.4 Å². The molecule has 5 atom stereocenters. The number of rotatable bonds is 17. The molecule has 3 amide bonds. The number of nitrogens with one attached hydrogen (secondary N) is 2. The van der Waals surface area contributed by atoms with Gasteiger partial charge in [0.1, 0.15) is 18.8 Å². The highest BCUT2D eigenvalue weighted by molar-refractivity contribution is 6.13. The Morgan fingerprint density at radius 1 is 0.764 bits per heavy atom. The Balaban J connectivity index is 1.39. The number of Topliss-reactive ketones (excluding diaryl/α,β-unsaturated/α-hetero) is 2. The SMILES string of the molecule is CC(=O)N[C@H]1[C@H](OCCOCCNC(=O)N2CC(CO)(CO)C2)O[C@H](COC(=O)c2ccccc2)[C@@](O)(C(=O)c2ccccc2)[C@@]1(O)C(=O)c1ccccc1. The molecule has 0 bridgehead atoms. The standard InChI is InChI=1S/C39H45N3O13/c1-26(45)41-31-35(53-20-19-52-18-17-40-36(49)42-22-37(23-42,24-43)25-44)55-30(21-54-34(48)29-15-9-4-10-16-29)38(50,32(46)27-11-5-2-6-12-27)39(31,51)33(47)28-13-7-3-8-14-28/h2-16,30-31,35,43-44,50-51H,17-25H2,1H3,(H,40,49)(H,41,45)/t30-,31+,35-,38-,39+/m1/s1. The Morgan fingerprint density at radius 2 is 1.29 bits per heavy atom. The number of carbonyl (C=O) groups excluding carboxylic acids is 5. The largest absolute Gasteiger partial charge is 0.459 e. The van der Waals surface area contributed by atoms with E-state index in [1.54, 1.807) is 30.3 Å². The van der Waals surface area contributed by atoms with Crippen LogP contribution in [0.25, 0.3) is 0 Å². The molecule has 0 saturated carbocycles. The molecule has 2 heterocycles. The third-order valence-electron chi connectivity index (χ3n) is 9.61. The van der Waals surface area contributed by atoms with Crippen LogP contribution in [-0.4, -0.2) is 144 Å². The van der Waals surface area contributed by atoms with Crippen molar-refractivity contribution in [3.63, 3.8) is 0 Å². The van der Waals surface area contributed by atoms with Gasteiger partial charge >= 0.3 is 12.0 Å². The van der Waals surface area contributed by atoms with Gasteiger partial charge in [-0.25, -0.2) is 9.59 Å². The minimum Gasteiger partial charge on any atom is -0.459 e. The van der Waals surface area contributed by atoms with Gasteiger partial charge in [-0.15, -0.1) is 0 Å². The predicted molar refractivity (Wildman–Crippen MR) is 193 cm³/mol. The van der Waals surface area contributed by atoms with Gasteiger partial charge in [0, 0.05) is 37.7 Å². The second kappa shape index (κ2) is 18.0. The number of amides is 3. The Hall–Kier alpha value is -5.07. The Labute approximate surface area is 316 Å². The average molecular weight is 764 g/mol. The van der Waals surface area contributed by atoms with Crippen molar-refractivity contribution < 1.29 is 63.3 Å². The Kier molecular flexibility index (Phi) is 13.5. The summed E-state index contributed by atoms with van der Waals surface area (Å²) < 4.78 is 23.1. The number of urea groups is 1. The first-order valence-electron chi connectivity index (χ1n) is 17.6. The number of likely N-dealkylation sites (tertiary alicyclic amines) is 1. The number of benzene rings is 3. The van der Waals surface area contributed by atoms with Gasteiger partial charge in [-0.05, 0) is 12.1 Å². The van der Waals surface area contributed by atoms with Crippen molar-refractivity contribution in [2.45, 2.75) is 36.6 Å². The van der Waals surface area contributed by atoms with Crippen LogP contribution in [0.1, 0.15) is 38.0 Å². The molecule has 3 aromatic rings. The van der Waals surface area contributed by atoms with Crippen molar-refractivity contribution in [1.82, 2.24) is 15.5 Å². The Morgan fingerprint density at radius 3 is 1.82 bits per heavy atom. The topological polar surface area (TPSA) is 230 Å². The van der Waals surface area contributed by atoms with E-state index in [2.05, 4.69) is 10.6 Å². The maximum Gasteiger partial charge on any atom is 0.338 e. The molecule has 0 spiro atoms. The highest BCUT2D eigenvalue weighted by Crippen LogP contribution is 2.43. The monoisotopic (exact) mass is 763 g/mol.